The van der Waals surface area contributed by atoms with Gasteiger partial charge in [-0.1, -0.05) is 12.1 Å². The van der Waals surface area contributed by atoms with E-state index in [1.807, 2.05) is 38.1 Å². The van der Waals surface area contributed by atoms with E-state index >= 15 is 0 Å². The summed E-state index contributed by atoms with van der Waals surface area (Å²) in [6, 6.07) is 12.3. The monoisotopic (exact) mass is 506 g/mol. The molecule has 3 heterocycles. The summed E-state index contributed by atoms with van der Waals surface area (Å²) in [6.45, 7) is 6.36. The highest BCUT2D eigenvalue weighted by Gasteiger charge is 2.59. The summed E-state index contributed by atoms with van der Waals surface area (Å²) in [6.07, 6.45) is 0.869. The summed E-state index contributed by atoms with van der Waals surface area (Å²) in [7, 11) is 1.64. The van der Waals surface area contributed by atoms with E-state index in [4.69, 9.17) is 9.47 Å². The summed E-state index contributed by atoms with van der Waals surface area (Å²) >= 11 is 0. The second-order valence-electron chi connectivity index (χ2n) is 9.85. The van der Waals surface area contributed by atoms with E-state index < -0.39 is 11.6 Å². The molecule has 0 spiro atoms. The maximum atomic E-state index is 13.8. The minimum absolute atomic E-state index is 0.168. The zero-order valence-electron chi connectivity index (χ0n) is 21.5. The van der Waals surface area contributed by atoms with Crippen LogP contribution in [0.25, 0.3) is 10.9 Å². The number of fused-ring (bicyclic) bond motifs is 4. The van der Waals surface area contributed by atoms with Gasteiger partial charge < -0.3 is 29.8 Å². The predicted octanol–water partition coefficient (Wildman–Crippen LogP) is 3.37. The molecule has 0 saturated carbocycles. The number of aromatic amines is 1. The molecule has 2 aliphatic heterocycles. The SMILES string of the molecule is CCOc1ccc2[nH]c3c(c2c1)C[C@@]1(C)C(=O)N(CCNCCOC)C(=O)N1C3Cc1cccc(O)c1. The van der Waals surface area contributed by atoms with Gasteiger partial charge >= 0.3 is 6.03 Å². The lowest BCUT2D eigenvalue weighted by atomic mass is 9.81. The molecule has 1 saturated heterocycles. The minimum Gasteiger partial charge on any atom is -0.508 e. The lowest BCUT2D eigenvalue weighted by molar-refractivity contribution is -0.133. The fourth-order valence-corrected chi connectivity index (χ4v) is 5.70. The molecule has 2 aromatic carbocycles. The molecule has 9 nitrogen and oxygen atoms in total. The fraction of sp³-hybridized carbons (Fsp3) is 0.429. The third-order valence-electron chi connectivity index (χ3n) is 7.40. The first-order valence-corrected chi connectivity index (χ1v) is 12.8. The number of rotatable bonds is 10. The number of imide groups is 1. The number of nitrogens with one attached hydrogen (secondary N) is 2. The van der Waals surface area contributed by atoms with Crippen LogP contribution in [0.2, 0.25) is 0 Å². The van der Waals surface area contributed by atoms with Gasteiger partial charge in [0.2, 0.25) is 0 Å². The van der Waals surface area contributed by atoms with Crippen LogP contribution >= 0.6 is 0 Å². The number of hydrogen-bond acceptors (Lipinski definition) is 6. The lowest BCUT2D eigenvalue weighted by Gasteiger charge is -2.42. The van der Waals surface area contributed by atoms with Crippen molar-refractivity contribution in [2.75, 3.05) is 40.0 Å². The molecule has 0 aliphatic carbocycles. The number of amides is 3. The Bertz CT molecular complexity index is 1320. The van der Waals surface area contributed by atoms with Gasteiger partial charge in [-0.15, -0.1) is 0 Å². The molecule has 0 radical (unpaired) electrons. The molecule has 5 rings (SSSR count). The third-order valence-corrected chi connectivity index (χ3v) is 7.40. The number of H-pyrrole nitrogens is 1. The maximum Gasteiger partial charge on any atom is 0.328 e. The number of carbonyl (C=O) groups is 2. The molecule has 0 bridgehead atoms. The smallest absolute Gasteiger partial charge is 0.328 e. The van der Waals surface area contributed by atoms with Crippen LogP contribution in [0.5, 0.6) is 11.5 Å². The van der Waals surface area contributed by atoms with Crippen molar-refractivity contribution in [3.8, 4) is 11.5 Å². The van der Waals surface area contributed by atoms with Gasteiger partial charge in [0, 0.05) is 49.8 Å². The third kappa shape index (κ3) is 4.42. The first-order valence-electron chi connectivity index (χ1n) is 12.8. The Balaban J connectivity index is 1.55. The summed E-state index contributed by atoms with van der Waals surface area (Å²) in [5.41, 5.74) is 2.76. The summed E-state index contributed by atoms with van der Waals surface area (Å²) < 4.78 is 10.8. The molecule has 2 atom stereocenters. The van der Waals surface area contributed by atoms with Crippen LogP contribution in [0.1, 0.15) is 36.7 Å². The van der Waals surface area contributed by atoms with Crippen molar-refractivity contribution in [2.24, 2.45) is 0 Å². The Kier molecular flexibility index (Phi) is 6.83. The summed E-state index contributed by atoms with van der Waals surface area (Å²) in [5, 5.41) is 14.3. The van der Waals surface area contributed by atoms with Crippen molar-refractivity contribution in [1.29, 1.82) is 0 Å². The molecule has 37 heavy (non-hydrogen) atoms. The number of benzene rings is 2. The molecule has 9 heteroatoms. The number of ether oxygens (including phenoxy) is 2. The van der Waals surface area contributed by atoms with Crippen molar-refractivity contribution >= 4 is 22.8 Å². The Hall–Kier alpha value is -3.56. The molecule has 1 aromatic heterocycles. The van der Waals surface area contributed by atoms with Crippen molar-refractivity contribution < 1.29 is 24.2 Å². The average Bonchev–Trinajstić information content (AvgIpc) is 3.31. The van der Waals surface area contributed by atoms with Crippen LogP contribution in [0.3, 0.4) is 0 Å². The summed E-state index contributed by atoms with van der Waals surface area (Å²) in [4.78, 5) is 34.3. The van der Waals surface area contributed by atoms with Gasteiger partial charge in [-0.3, -0.25) is 9.69 Å². The van der Waals surface area contributed by atoms with Crippen molar-refractivity contribution in [3.05, 3.63) is 59.3 Å². The second-order valence-corrected chi connectivity index (χ2v) is 9.85. The topological polar surface area (TPSA) is 107 Å². The van der Waals surface area contributed by atoms with Gasteiger partial charge in [0.1, 0.15) is 17.0 Å². The van der Waals surface area contributed by atoms with Crippen molar-refractivity contribution in [2.45, 2.75) is 38.3 Å². The number of aromatic hydroxyl groups is 1. The number of carbonyl (C=O) groups excluding carboxylic acids is 2. The largest absolute Gasteiger partial charge is 0.508 e. The number of urea groups is 1. The number of aromatic nitrogens is 1. The molecule has 2 aliphatic rings. The van der Waals surface area contributed by atoms with Crippen LogP contribution in [0.4, 0.5) is 4.79 Å². The van der Waals surface area contributed by atoms with E-state index in [1.54, 1.807) is 30.2 Å². The lowest BCUT2D eigenvalue weighted by Crippen LogP contribution is -2.53. The van der Waals surface area contributed by atoms with E-state index in [-0.39, 0.29) is 24.2 Å². The van der Waals surface area contributed by atoms with Gasteiger partial charge in [-0.2, -0.15) is 0 Å². The number of hydrogen-bond donors (Lipinski definition) is 3. The summed E-state index contributed by atoms with van der Waals surface area (Å²) in [5.74, 6) is 0.751. The van der Waals surface area contributed by atoms with E-state index in [0.29, 0.717) is 39.1 Å². The maximum absolute atomic E-state index is 13.8. The molecule has 3 aromatic rings. The van der Waals surface area contributed by atoms with Gasteiger partial charge in [-0.25, -0.2) is 4.79 Å². The van der Waals surface area contributed by atoms with Crippen molar-refractivity contribution in [1.82, 2.24) is 20.1 Å². The molecule has 3 amide bonds. The molecule has 1 unspecified atom stereocenters. The number of nitrogens with zero attached hydrogens (tertiary/aromatic N) is 2. The normalized spacial score (nSPS) is 21.0. The highest BCUT2D eigenvalue weighted by Crippen LogP contribution is 2.47. The van der Waals surface area contributed by atoms with E-state index in [1.165, 1.54) is 4.90 Å². The Morgan fingerprint density at radius 3 is 2.78 bits per heavy atom. The highest BCUT2D eigenvalue weighted by atomic mass is 16.5. The van der Waals surface area contributed by atoms with Crippen molar-refractivity contribution in [3.63, 3.8) is 0 Å². The van der Waals surface area contributed by atoms with E-state index in [0.717, 1.165) is 33.5 Å². The van der Waals surface area contributed by atoms with Gasteiger partial charge in [0.05, 0.1) is 19.3 Å². The second kappa shape index (κ2) is 10.1. The molecule has 3 N–H and O–H groups in total. The predicted molar refractivity (Wildman–Crippen MR) is 140 cm³/mol. The quantitative estimate of drug-likeness (QED) is 0.288. The van der Waals surface area contributed by atoms with E-state index in [9.17, 15) is 14.7 Å². The zero-order valence-corrected chi connectivity index (χ0v) is 21.5. The Morgan fingerprint density at radius 2 is 2.03 bits per heavy atom. The first kappa shape index (κ1) is 25.1. The van der Waals surface area contributed by atoms with Crippen LogP contribution in [0.15, 0.2) is 42.5 Å². The zero-order chi connectivity index (χ0) is 26.2. The van der Waals surface area contributed by atoms with Crippen LogP contribution in [0, 0.1) is 0 Å². The molecular formula is C28H34N4O5. The molecule has 1 fully saturated rings. The van der Waals surface area contributed by atoms with Gasteiger partial charge in [0.15, 0.2) is 0 Å². The number of phenolic OH excluding ortho intramolecular Hbond substituents is 1. The molecule has 196 valence electrons. The van der Waals surface area contributed by atoms with Crippen LogP contribution in [-0.2, 0) is 22.4 Å². The highest BCUT2D eigenvalue weighted by molar-refractivity contribution is 6.08. The molecular weight excluding hydrogens is 472 g/mol. The van der Waals surface area contributed by atoms with Gasteiger partial charge in [0.25, 0.3) is 5.91 Å². The van der Waals surface area contributed by atoms with E-state index in [2.05, 4.69) is 10.3 Å². The number of phenols is 1. The van der Waals surface area contributed by atoms with Gasteiger partial charge in [-0.05, 0) is 61.7 Å². The fourth-order valence-electron chi connectivity index (χ4n) is 5.70. The first-order chi connectivity index (χ1) is 17.9. The van der Waals surface area contributed by atoms with Crippen LogP contribution in [-0.4, -0.2) is 77.3 Å². The Labute approximate surface area is 216 Å². The van der Waals surface area contributed by atoms with Crippen LogP contribution < -0.4 is 10.1 Å². The minimum atomic E-state index is -1.02. The average molecular weight is 507 g/mol. The standard InChI is InChI=1S/C28H34N4O5/c1-4-37-20-8-9-23-21(16-20)22-17-28(2)26(34)31(12-10-29-11-13-36-3)27(35)32(28)24(25(22)30-23)15-18-6-5-7-19(33)14-18/h5-9,14,16,24,29-30,33H,4,10-13,15,17H2,1-3H3/t24?,28-/m0/s1. The Morgan fingerprint density at radius 1 is 1.19 bits per heavy atom. The number of methoxy groups -OCH3 is 1.